The minimum atomic E-state index is -4.51. The molecule has 0 aliphatic heterocycles. The van der Waals surface area contributed by atoms with Gasteiger partial charge in [0.1, 0.15) is 5.82 Å². The zero-order valence-corrected chi connectivity index (χ0v) is 16.1. The molecular weight excluding hydrogens is 421 g/mol. The number of hydrogen-bond acceptors (Lipinski definition) is 6. The number of halogens is 4. The Morgan fingerprint density at radius 3 is 2.50 bits per heavy atom. The molecule has 0 saturated heterocycles. The number of nitrogens with one attached hydrogen (secondary N) is 3. The number of carbonyl (C=O) groups is 1. The van der Waals surface area contributed by atoms with E-state index in [1.807, 2.05) is 0 Å². The molecule has 30 heavy (non-hydrogen) atoms. The molecule has 0 aliphatic carbocycles. The Balaban J connectivity index is 1.51. The first-order valence-corrected chi connectivity index (χ1v) is 9.09. The summed E-state index contributed by atoms with van der Waals surface area (Å²) in [4.78, 5) is 24.1. The van der Waals surface area contributed by atoms with Crippen LogP contribution in [0.2, 0.25) is 5.02 Å². The maximum absolute atomic E-state index is 12.6. The normalized spacial score (nSPS) is 11.1. The van der Waals surface area contributed by atoms with Gasteiger partial charge in [0.05, 0.1) is 10.6 Å². The average Bonchev–Trinajstić information content (AvgIpc) is 2.72. The summed E-state index contributed by atoms with van der Waals surface area (Å²) < 4.78 is 37.9. The Kier molecular flexibility index (Phi) is 6.68. The average molecular weight is 437 g/mol. The molecule has 0 unspecified atom stereocenters. The Morgan fingerprint density at radius 2 is 1.80 bits per heavy atom. The van der Waals surface area contributed by atoms with E-state index in [1.165, 1.54) is 0 Å². The van der Waals surface area contributed by atoms with Gasteiger partial charge < -0.3 is 16.0 Å². The smallest absolute Gasteiger partial charge is 0.367 e. The number of hydrogen-bond donors (Lipinski definition) is 3. The third kappa shape index (κ3) is 5.80. The van der Waals surface area contributed by atoms with Crippen molar-refractivity contribution in [2.75, 3.05) is 23.7 Å². The number of anilines is 3. The fraction of sp³-hybridized carbons (Fsp3) is 0.158. The molecule has 0 fully saturated rings. The van der Waals surface area contributed by atoms with Crippen LogP contribution in [0.4, 0.5) is 30.6 Å². The van der Waals surface area contributed by atoms with E-state index in [1.54, 1.807) is 42.7 Å². The monoisotopic (exact) mass is 436 g/mol. The number of pyridine rings is 1. The largest absolute Gasteiger partial charge is 0.417 e. The van der Waals surface area contributed by atoms with Gasteiger partial charge in [0.25, 0.3) is 5.91 Å². The lowest BCUT2D eigenvalue weighted by molar-refractivity contribution is -0.137. The Morgan fingerprint density at radius 1 is 1.03 bits per heavy atom. The van der Waals surface area contributed by atoms with Crippen molar-refractivity contribution in [2.45, 2.75) is 6.18 Å². The van der Waals surface area contributed by atoms with Crippen molar-refractivity contribution in [3.05, 3.63) is 71.1 Å². The molecule has 0 aliphatic rings. The van der Waals surface area contributed by atoms with Crippen LogP contribution in [-0.2, 0) is 6.18 Å². The molecule has 2 heterocycles. The molecule has 1 aromatic carbocycles. The highest BCUT2D eigenvalue weighted by atomic mass is 35.5. The third-order valence-electron chi connectivity index (χ3n) is 3.82. The first-order chi connectivity index (χ1) is 14.3. The molecule has 0 bridgehead atoms. The summed E-state index contributed by atoms with van der Waals surface area (Å²) in [6.45, 7) is 0.428. The molecule has 7 nitrogen and oxygen atoms in total. The number of nitrogens with zero attached hydrogens (tertiary/aromatic N) is 3. The summed E-state index contributed by atoms with van der Waals surface area (Å²) in [7, 11) is 0. The fourth-order valence-corrected chi connectivity index (χ4v) is 2.65. The van der Waals surface area contributed by atoms with Crippen LogP contribution >= 0.6 is 11.6 Å². The predicted molar refractivity (Wildman–Crippen MR) is 107 cm³/mol. The minimum Gasteiger partial charge on any atom is -0.367 e. The summed E-state index contributed by atoms with van der Waals surface area (Å²) in [5, 5.41) is 8.33. The molecular formula is C19H16ClF3N6O. The summed E-state index contributed by atoms with van der Waals surface area (Å²) in [5.41, 5.74) is 0.134. The van der Waals surface area contributed by atoms with Crippen LogP contribution in [0, 0.1) is 0 Å². The maximum atomic E-state index is 12.6. The molecule has 3 rings (SSSR count). The van der Waals surface area contributed by atoms with Gasteiger partial charge in [-0.3, -0.25) is 4.79 Å². The van der Waals surface area contributed by atoms with Gasteiger partial charge in [0.15, 0.2) is 0 Å². The summed E-state index contributed by atoms with van der Waals surface area (Å²) in [6.07, 6.45) is -0.631. The lowest BCUT2D eigenvalue weighted by Gasteiger charge is -2.11. The summed E-state index contributed by atoms with van der Waals surface area (Å²) in [6, 6.07) is 9.26. The number of amides is 1. The molecule has 1 amide bonds. The molecule has 11 heteroatoms. The quantitative estimate of drug-likeness (QED) is 0.482. The van der Waals surface area contributed by atoms with Crippen molar-refractivity contribution in [1.82, 2.24) is 20.3 Å². The van der Waals surface area contributed by atoms with Crippen LogP contribution in [0.3, 0.4) is 0 Å². The molecule has 156 valence electrons. The van der Waals surface area contributed by atoms with E-state index >= 15 is 0 Å². The SMILES string of the molecule is O=C(NCCNc1ncc(C(F)(F)F)cc1Cl)c1cccc(Nc2ncccn2)c1. The number of aromatic nitrogens is 3. The van der Waals surface area contributed by atoms with Gasteiger partial charge in [-0.05, 0) is 30.3 Å². The zero-order valence-electron chi connectivity index (χ0n) is 15.4. The van der Waals surface area contributed by atoms with Crippen molar-refractivity contribution in [3.8, 4) is 0 Å². The van der Waals surface area contributed by atoms with Crippen molar-refractivity contribution < 1.29 is 18.0 Å². The highest BCUT2D eigenvalue weighted by Gasteiger charge is 2.31. The Hall–Kier alpha value is -3.40. The molecule has 0 spiro atoms. The van der Waals surface area contributed by atoms with Crippen molar-refractivity contribution in [3.63, 3.8) is 0 Å². The standard InChI is InChI=1S/C19H16ClF3N6O/c20-15-10-13(19(21,22)23)11-28-16(15)24-7-8-25-17(30)12-3-1-4-14(9-12)29-18-26-5-2-6-27-18/h1-6,9-11H,7-8H2,(H,24,28)(H,25,30)(H,26,27,29). The molecule has 0 saturated carbocycles. The van der Waals surface area contributed by atoms with E-state index < -0.39 is 11.7 Å². The van der Waals surface area contributed by atoms with Crippen LogP contribution in [-0.4, -0.2) is 33.9 Å². The van der Waals surface area contributed by atoms with Crippen LogP contribution in [0.15, 0.2) is 55.0 Å². The van der Waals surface area contributed by atoms with E-state index in [-0.39, 0.29) is 29.8 Å². The van der Waals surface area contributed by atoms with Gasteiger partial charge in [-0.15, -0.1) is 0 Å². The second-order valence-electron chi connectivity index (χ2n) is 6.01. The van der Waals surface area contributed by atoms with Gasteiger partial charge in [-0.25, -0.2) is 15.0 Å². The Labute approximate surface area is 174 Å². The maximum Gasteiger partial charge on any atom is 0.417 e. The highest BCUT2D eigenvalue weighted by Crippen LogP contribution is 2.32. The first-order valence-electron chi connectivity index (χ1n) is 8.72. The van der Waals surface area contributed by atoms with Crippen LogP contribution in [0.1, 0.15) is 15.9 Å². The predicted octanol–water partition coefficient (Wildman–Crippen LogP) is 4.13. The van der Waals surface area contributed by atoms with E-state index in [9.17, 15) is 18.0 Å². The van der Waals surface area contributed by atoms with Gasteiger partial charge >= 0.3 is 6.18 Å². The van der Waals surface area contributed by atoms with Crippen LogP contribution in [0.5, 0.6) is 0 Å². The number of carbonyl (C=O) groups excluding carboxylic acids is 1. The topological polar surface area (TPSA) is 91.8 Å². The van der Waals surface area contributed by atoms with Crippen molar-refractivity contribution in [1.29, 1.82) is 0 Å². The van der Waals surface area contributed by atoms with Gasteiger partial charge in [0.2, 0.25) is 5.95 Å². The van der Waals surface area contributed by atoms with Gasteiger partial charge in [-0.1, -0.05) is 17.7 Å². The fourth-order valence-electron chi connectivity index (χ4n) is 2.41. The lowest BCUT2D eigenvalue weighted by atomic mass is 10.2. The zero-order chi connectivity index (χ0) is 21.6. The van der Waals surface area contributed by atoms with E-state index in [4.69, 9.17) is 11.6 Å². The summed E-state index contributed by atoms with van der Waals surface area (Å²) in [5.74, 6) is 0.189. The second kappa shape index (κ2) is 9.40. The Bertz CT molecular complexity index is 1020. The number of rotatable bonds is 7. The molecule has 2 aromatic heterocycles. The van der Waals surface area contributed by atoms with E-state index in [0.717, 1.165) is 6.07 Å². The van der Waals surface area contributed by atoms with Crippen LogP contribution < -0.4 is 16.0 Å². The van der Waals surface area contributed by atoms with Crippen LogP contribution in [0.25, 0.3) is 0 Å². The lowest BCUT2D eigenvalue weighted by Crippen LogP contribution is -2.29. The van der Waals surface area contributed by atoms with Gasteiger partial charge in [0, 0.05) is 42.9 Å². The van der Waals surface area contributed by atoms with E-state index in [0.29, 0.717) is 23.4 Å². The molecule has 0 radical (unpaired) electrons. The number of alkyl halides is 3. The molecule has 3 N–H and O–H groups in total. The van der Waals surface area contributed by atoms with E-state index in [2.05, 4.69) is 30.9 Å². The van der Waals surface area contributed by atoms with Crippen molar-refractivity contribution in [2.24, 2.45) is 0 Å². The minimum absolute atomic E-state index is 0.105. The first kappa shape index (κ1) is 21.3. The molecule has 3 aromatic rings. The molecule has 0 atom stereocenters. The van der Waals surface area contributed by atoms with Gasteiger partial charge in [-0.2, -0.15) is 13.2 Å². The number of benzene rings is 1. The van der Waals surface area contributed by atoms with Crippen molar-refractivity contribution >= 4 is 35.0 Å². The second-order valence-corrected chi connectivity index (χ2v) is 6.42. The third-order valence-corrected chi connectivity index (χ3v) is 4.11. The highest BCUT2D eigenvalue weighted by molar-refractivity contribution is 6.32. The summed E-state index contributed by atoms with van der Waals surface area (Å²) >= 11 is 5.83.